The standard InChI is InChI=1S/C13H15BrO2/c14-13-9-16-8-12(13)11(13)7-15-6-10-4-2-1-3-5-10/h1-5,11-12H,6-9H2/t11-,12-,13-/m0/s1. The lowest BCUT2D eigenvalue weighted by Gasteiger charge is -2.08. The van der Waals surface area contributed by atoms with Gasteiger partial charge < -0.3 is 9.47 Å². The first-order valence-corrected chi connectivity index (χ1v) is 6.48. The van der Waals surface area contributed by atoms with Crippen molar-refractivity contribution < 1.29 is 9.47 Å². The van der Waals surface area contributed by atoms with Crippen molar-refractivity contribution in [3.8, 4) is 0 Å². The summed E-state index contributed by atoms with van der Waals surface area (Å²) in [7, 11) is 0. The second-order valence-corrected chi connectivity index (χ2v) is 6.13. The van der Waals surface area contributed by atoms with Crippen molar-refractivity contribution in [1.29, 1.82) is 0 Å². The predicted octanol–water partition coefficient (Wildman–Crippen LogP) is 2.61. The molecule has 2 nitrogen and oxygen atoms in total. The Morgan fingerprint density at radius 3 is 2.88 bits per heavy atom. The van der Waals surface area contributed by atoms with Crippen LogP contribution in [0, 0.1) is 11.8 Å². The van der Waals surface area contributed by atoms with Gasteiger partial charge in [-0.05, 0) is 5.56 Å². The van der Waals surface area contributed by atoms with Crippen LogP contribution in [0.1, 0.15) is 5.56 Å². The highest BCUT2D eigenvalue weighted by atomic mass is 79.9. The first-order chi connectivity index (χ1) is 7.81. The fourth-order valence-electron chi connectivity index (χ4n) is 2.51. The Hall–Kier alpha value is -0.380. The normalized spacial score (nSPS) is 36.1. The molecule has 3 heteroatoms. The molecule has 1 aromatic rings. The zero-order valence-corrected chi connectivity index (χ0v) is 10.7. The van der Waals surface area contributed by atoms with Crippen LogP contribution in [0.2, 0.25) is 0 Å². The number of alkyl halides is 1. The van der Waals surface area contributed by atoms with Crippen LogP contribution in [-0.2, 0) is 16.1 Å². The van der Waals surface area contributed by atoms with E-state index < -0.39 is 0 Å². The molecule has 0 N–H and O–H groups in total. The fraction of sp³-hybridized carbons (Fsp3) is 0.538. The highest BCUT2D eigenvalue weighted by Gasteiger charge is 2.66. The summed E-state index contributed by atoms with van der Waals surface area (Å²) in [4.78, 5) is 0. The Bertz CT molecular complexity index is 367. The van der Waals surface area contributed by atoms with Crippen LogP contribution in [0.3, 0.4) is 0 Å². The Morgan fingerprint density at radius 1 is 1.38 bits per heavy atom. The first-order valence-electron chi connectivity index (χ1n) is 5.69. The fourth-order valence-corrected chi connectivity index (χ4v) is 3.44. The smallest absolute Gasteiger partial charge is 0.0717 e. The van der Waals surface area contributed by atoms with Crippen LogP contribution < -0.4 is 0 Å². The third-order valence-electron chi connectivity index (χ3n) is 3.64. The molecular formula is C13H15BrO2. The molecule has 1 aliphatic heterocycles. The molecule has 0 radical (unpaired) electrons. The first kappa shape index (κ1) is 10.8. The van der Waals surface area contributed by atoms with Crippen molar-refractivity contribution in [3.05, 3.63) is 35.9 Å². The quantitative estimate of drug-likeness (QED) is 0.791. The molecule has 3 atom stereocenters. The topological polar surface area (TPSA) is 18.5 Å². The molecule has 0 amide bonds. The molecule has 86 valence electrons. The lowest BCUT2D eigenvalue weighted by molar-refractivity contribution is 0.0823. The Labute approximate surface area is 104 Å². The molecule has 0 aromatic heterocycles. The number of fused-ring (bicyclic) bond motifs is 1. The summed E-state index contributed by atoms with van der Waals surface area (Å²) in [5.41, 5.74) is 1.24. The third-order valence-corrected chi connectivity index (χ3v) is 5.04. The Kier molecular flexibility index (Phi) is 2.78. The molecule has 0 bridgehead atoms. The largest absolute Gasteiger partial charge is 0.380 e. The van der Waals surface area contributed by atoms with Crippen molar-refractivity contribution in [3.63, 3.8) is 0 Å². The van der Waals surface area contributed by atoms with E-state index in [0.717, 1.165) is 19.8 Å². The van der Waals surface area contributed by atoms with Crippen LogP contribution in [0.15, 0.2) is 30.3 Å². The highest BCUT2D eigenvalue weighted by Crippen LogP contribution is 2.60. The van der Waals surface area contributed by atoms with Crippen LogP contribution >= 0.6 is 15.9 Å². The van der Waals surface area contributed by atoms with Gasteiger partial charge in [-0.25, -0.2) is 0 Å². The second kappa shape index (κ2) is 4.13. The second-order valence-electron chi connectivity index (χ2n) is 4.66. The zero-order valence-electron chi connectivity index (χ0n) is 9.06. The van der Waals surface area contributed by atoms with Crippen LogP contribution in [-0.4, -0.2) is 24.1 Å². The van der Waals surface area contributed by atoms with Gasteiger partial charge in [-0.3, -0.25) is 0 Å². The van der Waals surface area contributed by atoms with Gasteiger partial charge in [0.1, 0.15) is 0 Å². The maximum atomic E-state index is 5.76. The SMILES string of the molecule is Br[C@]12COC[C@H]1[C@@H]2COCc1ccccc1. The van der Waals surface area contributed by atoms with Crippen molar-refractivity contribution in [1.82, 2.24) is 0 Å². The molecule has 1 aliphatic carbocycles. The minimum atomic E-state index is 0.240. The number of hydrogen-bond acceptors (Lipinski definition) is 2. The van der Waals surface area contributed by atoms with Crippen molar-refractivity contribution in [2.24, 2.45) is 11.8 Å². The third kappa shape index (κ3) is 1.81. The number of benzene rings is 1. The summed E-state index contributed by atoms with van der Waals surface area (Å²) in [6.45, 7) is 3.30. The van der Waals surface area contributed by atoms with E-state index in [1.165, 1.54) is 5.56 Å². The number of hydrogen-bond donors (Lipinski definition) is 0. The van der Waals surface area contributed by atoms with Gasteiger partial charge in [0.05, 0.1) is 30.8 Å². The van der Waals surface area contributed by atoms with Gasteiger partial charge in [0.25, 0.3) is 0 Å². The minimum absolute atomic E-state index is 0.240. The molecular weight excluding hydrogens is 268 g/mol. The molecule has 1 saturated carbocycles. The molecule has 16 heavy (non-hydrogen) atoms. The van der Waals surface area contributed by atoms with Crippen molar-refractivity contribution in [2.75, 3.05) is 19.8 Å². The van der Waals surface area contributed by atoms with E-state index in [0.29, 0.717) is 18.4 Å². The van der Waals surface area contributed by atoms with E-state index >= 15 is 0 Å². The van der Waals surface area contributed by atoms with Gasteiger partial charge in [0.2, 0.25) is 0 Å². The maximum Gasteiger partial charge on any atom is 0.0717 e. The van der Waals surface area contributed by atoms with Gasteiger partial charge in [0, 0.05) is 11.8 Å². The molecule has 2 aliphatic rings. The zero-order chi connectivity index (χ0) is 11.0. The number of ether oxygens (including phenoxy) is 2. The van der Waals surface area contributed by atoms with E-state index in [2.05, 4.69) is 28.1 Å². The molecule has 1 heterocycles. The maximum absolute atomic E-state index is 5.76. The molecule has 2 fully saturated rings. The van der Waals surface area contributed by atoms with E-state index in [1.54, 1.807) is 0 Å². The summed E-state index contributed by atoms with van der Waals surface area (Å²) in [5.74, 6) is 1.31. The highest BCUT2D eigenvalue weighted by molar-refractivity contribution is 9.10. The Morgan fingerprint density at radius 2 is 2.19 bits per heavy atom. The van der Waals surface area contributed by atoms with Crippen molar-refractivity contribution in [2.45, 2.75) is 10.9 Å². The lowest BCUT2D eigenvalue weighted by Crippen LogP contribution is -2.12. The molecule has 1 saturated heterocycles. The van der Waals surface area contributed by atoms with E-state index in [9.17, 15) is 0 Å². The van der Waals surface area contributed by atoms with Crippen LogP contribution in [0.25, 0.3) is 0 Å². The van der Waals surface area contributed by atoms with Gasteiger partial charge in [-0.15, -0.1) is 0 Å². The minimum Gasteiger partial charge on any atom is -0.380 e. The summed E-state index contributed by atoms with van der Waals surface area (Å²) in [6, 6.07) is 10.3. The predicted molar refractivity (Wildman–Crippen MR) is 65.6 cm³/mol. The molecule has 3 rings (SSSR count). The van der Waals surface area contributed by atoms with E-state index in [1.807, 2.05) is 18.2 Å². The summed E-state index contributed by atoms with van der Waals surface area (Å²) in [5, 5.41) is 0. The van der Waals surface area contributed by atoms with Gasteiger partial charge in [-0.1, -0.05) is 46.3 Å². The van der Waals surface area contributed by atoms with Gasteiger partial charge in [0.15, 0.2) is 0 Å². The van der Waals surface area contributed by atoms with E-state index in [-0.39, 0.29) is 4.32 Å². The summed E-state index contributed by atoms with van der Waals surface area (Å²) in [6.07, 6.45) is 0. The van der Waals surface area contributed by atoms with Gasteiger partial charge >= 0.3 is 0 Å². The molecule has 0 unspecified atom stereocenters. The average Bonchev–Trinajstić information content (AvgIpc) is 2.68. The lowest BCUT2D eigenvalue weighted by atomic mass is 10.2. The van der Waals surface area contributed by atoms with Crippen LogP contribution in [0.5, 0.6) is 0 Å². The summed E-state index contributed by atoms with van der Waals surface area (Å²) >= 11 is 3.76. The average molecular weight is 283 g/mol. The van der Waals surface area contributed by atoms with E-state index in [4.69, 9.17) is 9.47 Å². The monoisotopic (exact) mass is 282 g/mol. The molecule has 0 spiro atoms. The summed E-state index contributed by atoms with van der Waals surface area (Å²) < 4.78 is 11.4. The van der Waals surface area contributed by atoms with Crippen molar-refractivity contribution >= 4 is 15.9 Å². The number of rotatable bonds is 4. The molecule has 1 aromatic carbocycles. The van der Waals surface area contributed by atoms with Gasteiger partial charge in [-0.2, -0.15) is 0 Å². The van der Waals surface area contributed by atoms with Crippen LogP contribution in [0.4, 0.5) is 0 Å². The Balaban J connectivity index is 1.46. The number of halogens is 1.